The average Bonchev–Trinajstić information content (AvgIpc) is 2.82. The van der Waals surface area contributed by atoms with E-state index in [0.29, 0.717) is 5.82 Å². The Hall–Kier alpha value is -1.36. The van der Waals surface area contributed by atoms with E-state index < -0.39 is 0 Å². The monoisotopic (exact) mass is 283 g/mol. The van der Waals surface area contributed by atoms with Crippen LogP contribution in [0.25, 0.3) is 11.2 Å². The number of hydrogen-bond acceptors (Lipinski definition) is 4. The summed E-state index contributed by atoms with van der Waals surface area (Å²) in [4.78, 5) is 12.7. The molecule has 2 rings (SSSR count). The Kier molecular flexibility index (Phi) is 6.56. The molecule has 19 heavy (non-hydrogen) atoms. The number of aryl methyl sites for hydroxylation is 1. The van der Waals surface area contributed by atoms with Crippen LogP contribution in [0.15, 0.2) is 6.33 Å². The molecule has 0 atom stereocenters. The second-order valence-electron chi connectivity index (χ2n) is 3.84. The van der Waals surface area contributed by atoms with Gasteiger partial charge in [-0.3, -0.25) is 0 Å². The summed E-state index contributed by atoms with van der Waals surface area (Å²) in [5, 5.41) is 3.41. The number of imidazole rings is 1. The first-order valence-electron chi connectivity index (χ1n) is 6.88. The van der Waals surface area contributed by atoms with Crippen molar-refractivity contribution in [2.45, 2.75) is 47.1 Å². The van der Waals surface area contributed by atoms with Crippen LogP contribution in [0.4, 0.5) is 5.82 Å². The van der Waals surface area contributed by atoms with E-state index in [9.17, 15) is 0 Å². The number of unbranched alkanes of at least 4 members (excludes halogenated alkanes) is 1. The zero-order chi connectivity index (χ0) is 14.3. The number of aromatic nitrogens is 4. The second-order valence-corrected chi connectivity index (χ2v) is 4.17. The lowest BCUT2D eigenvalue weighted by molar-refractivity contribution is 0.641. The summed E-state index contributed by atoms with van der Waals surface area (Å²) in [7, 11) is 0. The van der Waals surface area contributed by atoms with Crippen molar-refractivity contribution in [2.75, 3.05) is 11.9 Å². The number of nitrogens with zero attached hydrogens (tertiary/aromatic N) is 4. The molecule has 0 saturated heterocycles. The molecule has 2 aromatic heterocycles. The van der Waals surface area contributed by atoms with Crippen molar-refractivity contribution in [1.29, 1.82) is 0 Å². The Morgan fingerprint density at radius 3 is 2.63 bits per heavy atom. The zero-order valence-corrected chi connectivity index (χ0v) is 12.8. The maximum Gasteiger partial charge on any atom is 0.226 e. The minimum absolute atomic E-state index is 0.256. The number of hydrogen-bond donors (Lipinski definition) is 1. The predicted molar refractivity (Wildman–Crippen MR) is 80.8 cm³/mol. The van der Waals surface area contributed by atoms with E-state index in [1.807, 2.05) is 25.3 Å². The van der Waals surface area contributed by atoms with Gasteiger partial charge in [0, 0.05) is 13.1 Å². The first-order valence-corrected chi connectivity index (χ1v) is 7.26. The fourth-order valence-corrected chi connectivity index (χ4v) is 1.87. The molecule has 0 aliphatic carbocycles. The van der Waals surface area contributed by atoms with E-state index >= 15 is 0 Å². The number of anilines is 1. The van der Waals surface area contributed by atoms with Crippen molar-refractivity contribution < 1.29 is 0 Å². The molecule has 0 spiro atoms. The standard InChI is InChI=1S/C11H16ClN5.C2H6/c1-3-5-6-17-7-14-8-9(13-4-2)15-11(12)16-10(8)17;1-2/h7H,3-6H2,1-2H3,(H,13,15,16);1-2H3. The van der Waals surface area contributed by atoms with Gasteiger partial charge in [0.1, 0.15) is 0 Å². The Labute approximate surface area is 119 Å². The molecule has 6 heteroatoms. The minimum Gasteiger partial charge on any atom is -0.368 e. The number of halogens is 1. The van der Waals surface area contributed by atoms with Crippen molar-refractivity contribution >= 4 is 28.6 Å². The Balaban J connectivity index is 0.000000861. The predicted octanol–water partition coefficient (Wildman–Crippen LogP) is 3.74. The van der Waals surface area contributed by atoms with Crippen LogP contribution >= 0.6 is 11.6 Å². The Bertz CT molecular complexity index is 509. The lowest BCUT2D eigenvalue weighted by Gasteiger charge is -2.05. The van der Waals surface area contributed by atoms with E-state index in [4.69, 9.17) is 11.6 Å². The van der Waals surface area contributed by atoms with Gasteiger partial charge in [0.25, 0.3) is 0 Å². The van der Waals surface area contributed by atoms with Gasteiger partial charge in [-0.15, -0.1) is 0 Å². The topological polar surface area (TPSA) is 55.6 Å². The first-order chi connectivity index (χ1) is 9.26. The minimum atomic E-state index is 0.256. The van der Waals surface area contributed by atoms with Crippen LogP contribution in [-0.4, -0.2) is 26.1 Å². The maximum atomic E-state index is 5.92. The highest BCUT2D eigenvalue weighted by Gasteiger charge is 2.11. The quantitative estimate of drug-likeness (QED) is 0.850. The molecule has 0 radical (unpaired) electrons. The molecule has 0 saturated carbocycles. The fraction of sp³-hybridized carbons (Fsp3) is 0.615. The lowest BCUT2D eigenvalue weighted by atomic mass is 10.3. The van der Waals surface area contributed by atoms with E-state index in [-0.39, 0.29) is 5.28 Å². The van der Waals surface area contributed by atoms with Gasteiger partial charge in [0.05, 0.1) is 6.33 Å². The van der Waals surface area contributed by atoms with Gasteiger partial charge in [0.2, 0.25) is 5.28 Å². The van der Waals surface area contributed by atoms with Gasteiger partial charge in [-0.05, 0) is 24.9 Å². The van der Waals surface area contributed by atoms with Crippen molar-refractivity contribution in [3.8, 4) is 0 Å². The number of rotatable bonds is 5. The van der Waals surface area contributed by atoms with E-state index in [2.05, 4.69) is 27.2 Å². The van der Waals surface area contributed by atoms with Gasteiger partial charge in [-0.2, -0.15) is 9.97 Å². The van der Waals surface area contributed by atoms with Crippen LogP contribution in [0, 0.1) is 0 Å². The van der Waals surface area contributed by atoms with Crippen molar-refractivity contribution in [3.05, 3.63) is 11.6 Å². The molecule has 2 aromatic rings. The van der Waals surface area contributed by atoms with E-state index in [1.165, 1.54) is 0 Å². The molecule has 0 amide bonds. The first kappa shape index (κ1) is 15.7. The van der Waals surface area contributed by atoms with E-state index in [1.54, 1.807) is 6.33 Å². The fourth-order valence-electron chi connectivity index (χ4n) is 1.70. The van der Waals surface area contributed by atoms with Gasteiger partial charge in [-0.25, -0.2) is 4.98 Å². The average molecular weight is 284 g/mol. The molecule has 1 N–H and O–H groups in total. The normalized spacial score (nSPS) is 10.2. The summed E-state index contributed by atoms with van der Waals surface area (Å²) in [6, 6.07) is 0. The largest absolute Gasteiger partial charge is 0.368 e. The van der Waals surface area contributed by atoms with Crippen LogP contribution in [0.1, 0.15) is 40.5 Å². The van der Waals surface area contributed by atoms with Gasteiger partial charge in [0.15, 0.2) is 17.0 Å². The third-order valence-corrected chi connectivity index (χ3v) is 2.70. The van der Waals surface area contributed by atoms with Gasteiger partial charge in [-0.1, -0.05) is 27.2 Å². The van der Waals surface area contributed by atoms with Crippen LogP contribution in [0.2, 0.25) is 5.28 Å². The highest BCUT2D eigenvalue weighted by Crippen LogP contribution is 2.20. The summed E-state index contributed by atoms with van der Waals surface area (Å²) in [5.41, 5.74) is 1.58. The van der Waals surface area contributed by atoms with Crippen LogP contribution < -0.4 is 5.32 Å². The summed E-state index contributed by atoms with van der Waals surface area (Å²) in [5.74, 6) is 0.706. The summed E-state index contributed by atoms with van der Waals surface area (Å²) in [6.45, 7) is 9.86. The van der Waals surface area contributed by atoms with Crippen LogP contribution in [0.3, 0.4) is 0 Å². The number of fused-ring (bicyclic) bond motifs is 1. The van der Waals surface area contributed by atoms with Crippen molar-refractivity contribution in [2.24, 2.45) is 0 Å². The summed E-state index contributed by atoms with van der Waals surface area (Å²) < 4.78 is 2.02. The molecule has 0 unspecified atom stereocenters. The van der Waals surface area contributed by atoms with E-state index in [0.717, 1.165) is 37.1 Å². The maximum absolute atomic E-state index is 5.92. The third kappa shape index (κ3) is 3.80. The SMILES string of the molecule is CC.CCCCn1cnc2c(NCC)nc(Cl)nc21. The van der Waals surface area contributed by atoms with Crippen LogP contribution in [0.5, 0.6) is 0 Å². The molecule has 0 aromatic carbocycles. The van der Waals surface area contributed by atoms with Gasteiger partial charge < -0.3 is 9.88 Å². The Morgan fingerprint density at radius 1 is 1.26 bits per heavy atom. The second kappa shape index (κ2) is 7.94. The van der Waals surface area contributed by atoms with Crippen LogP contribution in [-0.2, 0) is 6.54 Å². The molecule has 0 aliphatic heterocycles. The zero-order valence-electron chi connectivity index (χ0n) is 12.1. The Morgan fingerprint density at radius 2 is 2.00 bits per heavy atom. The molecular weight excluding hydrogens is 262 g/mol. The molecule has 0 aliphatic rings. The number of nitrogens with one attached hydrogen (secondary N) is 1. The van der Waals surface area contributed by atoms with Crippen molar-refractivity contribution in [1.82, 2.24) is 19.5 Å². The molecule has 5 nitrogen and oxygen atoms in total. The highest BCUT2D eigenvalue weighted by atomic mass is 35.5. The molecule has 0 bridgehead atoms. The van der Waals surface area contributed by atoms with Gasteiger partial charge >= 0.3 is 0 Å². The summed E-state index contributed by atoms with van der Waals surface area (Å²) in [6.07, 6.45) is 4.04. The summed E-state index contributed by atoms with van der Waals surface area (Å²) >= 11 is 5.92. The lowest BCUT2D eigenvalue weighted by Crippen LogP contribution is -2.03. The molecule has 0 fully saturated rings. The molecule has 2 heterocycles. The molecule has 106 valence electrons. The highest BCUT2D eigenvalue weighted by molar-refractivity contribution is 6.28. The third-order valence-electron chi connectivity index (χ3n) is 2.53. The smallest absolute Gasteiger partial charge is 0.226 e. The molecular formula is C13H22ClN5. The van der Waals surface area contributed by atoms with Crippen molar-refractivity contribution in [3.63, 3.8) is 0 Å².